The van der Waals surface area contributed by atoms with Crippen LogP contribution in [0, 0.1) is 0 Å². The molecule has 2 aromatic heterocycles. The van der Waals surface area contributed by atoms with Gasteiger partial charge >= 0.3 is 5.97 Å². The van der Waals surface area contributed by atoms with Crippen molar-refractivity contribution in [2.24, 2.45) is 0 Å². The Morgan fingerprint density at radius 3 is 2.66 bits per heavy atom. The van der Waals surface area contributed by atoms with Crippen molar-refractivity contribution in [3.8, 4) is 0 Å². The fraction of sp³-hybridized carbons (Fsp3) is 0.562. The van der Waals surface area contributed by atoms with Gasteiger partial charge in [0.25, 0.3) is 0 Å². The molecule has 4 rings (SSSR count). The maximum atomic E-state index is 11.3. The molecule has 0 radical (unpaired) electrons. The van der Waals surface area contributed by atoms with Gasteiger partial charge in [-0.05, 0) is 13.8 Å². The van der Waals surface area contributed by atoms with Gasteiger partial charge in [-0.15, -0.1) is 0 Å². The number of carboxylic acid groups (broad SMARTS) is 1. The number of fused-ring (bicyclic) bond motifs is 2. The van der Waals surface area contributed by atoms with Crippen molar-refractivity contribution in [3.63, 3.8) is 0 Å². The number of carboxylic acids is 1. The quantitative estimate of drug-likeness (QED) is 0.498. The number of aliphatic hydroxyl groups excluding tert-OH is 1. The molecule has 1 unspecified atom stereocenters. The summed E-state index contributed by atoms with van der Waals surface area (Å²) >= 11 is 0. The molecule has 156 valence electrons. The number of carbonyl (C=O) groups is 2. The molecule has 5 N–H and O–H groups in total. The second kappa shape index (κ2) is 6.59. The summed E-state index contributed by atoms with van der Waals surface area (Å²) in [6.07, 6.45) is -4.12. The Kier molecular flexibility index (Phi) is 4.42. The van der Waals surface area contributed by atoms with E-state index in [-0.39, 0.29) is 28.8 Å². The van der Waals surface area contributed by atoms with Crippen LogP contribution < -0.4 is 11.1 Å². The number of hydrogen-bond donors (Lipinski definition) is 4. The van der Waals surface area contributed by atoms with E-state index in [9.17, 15) is 19.8 Å². The van der Waals surface area contributed by atoms with Crippen LogP contribution >= 0.6 is 0 Å². The van der Waals surface area contributed by atoms with Crippen molar-refractivity contribution in [2.45, 2.75) is 57.2 Å². The smallest absolute Gasteiger partial charge is 0.335 e. The molecule has 2 saturated heterocycles. The first-order chi connectivity index (χ1) is 13.6. The summed E-state index contributed by atoms with van der Waals surface area (Å²) in [5.41, 5.74) is 6.42. The first kappa shape index (κ1) is 19.4. The number of ether oxygens (including phenoxy) is 3. The molecule has 0 spiro atoms. The number of nitrogens with two attached hydrogens (primary N) is 1. The molecule has 13 heteroatoms. The maximum Gasteiger partial charge on any atom is 0.335 e. The lowest BCUT2D eigenvalue weighted by Crippen LogP contribution is -2.42. The largest absolute Gasteiger partial charge is 0.479 e. The lowest BCUT2D eigenvalue weighted by molar-refractivity contribution is -0.210. The third-order valence-electron chi connectivity index (χ3n) is 4.64. The van der Waals surface area contributed by atoms with Crippen LogP contribution in [0.5, 0.6) is 0 Å². The molecule has 2 aliphatic heterocycles. The van der Waals surface area contributed by atoms with E-state index in [0.29, 0.717) is 0 Å². The molecule has 2 aliphatic rings. The van der Waals surface area contributed by atoms with Crippen molar-refractivity contribution in [1.29, 1.82) is 0 Å². The second-order valence-electron chi connectivity index (χ2n) is 7.28. The third kappa shape index (κ3) is 3.27. The van der Waals surface area contributed by atoms with Gasteiger partial charge in [0.2, 0.25) is 11.9 Å². The number of amides is 1. The highest BCUT2D eigenvalue weighted by molar-refractivity contribution is 5.89. The number of nitrogens with zero attached hydrogens (tertiary/aromatic N) is 4. The number of anilines is 2. The average Bonchev–Trinajstić information content (AvgIpc) is 3.24. The number of aliphatic hydroxyl groups is 1. The topological polar surface area (TPSA) is 184 Å². The Morgan fingerprint density at radius 1 is 1.31 bits per heavy atom. The maximum absolute atomic E-state index is 11.3. The van der Waals surface area contributed by atoms with Crippen LogP contribution in [0.1, 0.15) is 27.0 Å². The highest BCUT2D eigenvalue weighted by Gasteiger charge is 2.59. The summed E-state index contributed by atoms with van der Waals surface area (Å²) in [4.78, 5) is 35.1. The van der Waals surface area contributed by atoms with E-state index in [1.807, 2.05) is 0 Å². The van der Waals surface area contributed by atoms with E-state index in [1.54, 1.807) is 13.8 Å². The summed E-state index contributed by atoms with van der Waals surface area (Å²) in [6, 6.07) is 0. The number of aromatic nitrogens is 4. The predicted octanol–water partition coefficient (Wildman–Crippen LogP) is -0.770. The SMILES string of the molecule is CC(=O)Nc1nc(N)c2ncn([C@@H]3O[C@H](C(O)C(=O)O)[C@H]4OC(C)(C)O[C@H]43)c2n1. The molecule has 5 atom stereocenters. The monoisotopic (exact) mass is 408 g/mol. The number of rotatable bonds is 4. The van der Waals surface area contributed by atoms with Crippen LogP contribution in [0.25, 0.3) is 11.2 Å². The molecule has 2 aromatic rings. The van der Waals surface area contributed by atoms with Crippen LogP contribution in [0.4, 0.5) is 11.8 Å². The van der Waals surface area contributed by atoms with E-state index < -0.39 is 42.4 Å². The minimum Gasteiger partial charge on any atom is -0.479 e. The van der Waals surface area contributed by atoms with Gasteiger partial charge in [0.15, 0.2) is 29.6 Å². The second-order valence-corrected chi connectivity index (χ2v) is 7.28. The molecule has 0 bridgehead atoms. The van der Waals surface area contributed by atoms with E-state index in [2.05, 4.69) is 20.3 Å². The predicted molar refractivity (Wildman–Crippen MR) is 95.4 cm³/mol. The molecule has 13 nitrogen and oxygen atoms in total. The van der Waals surface area contributed by atoms with Crippen molar-refractivity contribution in [3.05, 3.63) is 6.33 Å². The number of nitrogen functional groups attached to an aromatic ring is 1. The summed E-state index contributed by atoms with van der Waals surface area (Å²) < 4.78 is 19.0. The molecule has 4 heterocycles. The molecule has 1 amide bonds. The Morgan fingerprint density at radius 2 is 2.00 bits per heavy atom. The Bertz CT molecular complexity index is 992. The third-order valence-corrected chi connectivity index (χ3v) is 4.64. The van der Waals surface area contributed by atoms with Crippen molar-refractivity contribution in [2.75, 3.05) is 11.1 Å². The van der Waals surface area contributed by atoms with Gasteiger partial charge in [0.05, 0.1) is 6.33 Å². The van der Waals surface area contributed by atoms with Crippen LogP contribution in [0.3, 0.4) is 0 Å². The van der Waals surface area contributed by atoms with E-state index in [4.69, 9.17) is 19.9 Å². The van der Waals surface area contributed by atoms with E-state index in [1.165, 1.54) is 17.8 Å². The molecular weight excluding hydrogens is 388 g/mol. The van der Waals surface area contributed by atoms with Gasteiger partial charge in [0.1, 0.15) is 23.8 Å². The number of aliphatic carboxylic acids is 1. The summed E-state index contributed by atoms with van der Waals surface area (Å²) in [7, 11) is 0. The molecule has 0 saturated carbocycles. The Labute approximate surface area is 163 Å². The Hall–Kier alpha value is -2.87. The summed E-state index contributed by atoms with van der Waals surface area (Å²) in [6.45, 7) is 4.65. The number of carbonyl (C=O) groups excluding carboxylic acids is 1. The van der Waals surface area contributed by atoms with Gasteiger partial charge in [-0.25, -0.2) is 9.78 Å². The fourth-order valence-corrected chi connectivity index (χ4v) is 3.56. The lowest BCUT2D eigenvalue weighted by Gasteiger charge is -2.25. The minimum absolute atomic E-state index is 0.0233. The summed E-state index contributed by atoms with van der Waals surface area (Å²) in [5, 5.41) is 21.7. The lowest BCUT2D eigenvalue weighted by atomic mass is 10.1. The van der Waals surface area contributed by atoms with Crippen LogP contribution in [-0.4, -0.2) is 71.8 Å². The van der Waals surface area contributed by atoms with Gasteiger partial charge in [-0.2, -0.15) is 9.97 Å². The van der Waals surface area contributed by atoms with Crippen molar-refractivity contribution >= 4 is 34.8 Å². The van der Waals surface area contributed by atoms with Crippen LogP contribution in [-0.2, 0) is 23.8 Å². The van der Waals surface area contributed by atoms with Gasteiger partial charge in [-0.1, -0.05) is 0 Å². The molecular formula is C16H20N6O7. The van der Waals surface area contributed by atoms with Gasteiger partial charge in [0, 0.05) is 6.92 Å². The minimum atomic E-state index is -1.82. The first-order valence-corrected chi connectivity index (χ1v) is 8.77. The zero-order valence-corrected chi connectivity index (χ0v) is 15.8. The zero-order valence-electron chi connectivity index (χ0n) is 15.8. The molecule has 0 aromatic carbocycles. The standard InChI is InChI=1S/C16H20N6O7/c1-5(23)19-15-20-11(17)6-12(21-15)22(4-18-6)13-10-9(28-16(2,3)29-10)8(27-13)7(24)14(25)26/h4,7-10,13,24H,1-3H3,(H,25,26)(H3,17,19,20,21,23)/t7?,8-,9-,10-,13-/m1/s1. The summed E-state index contributed by atoms with van der Waals surface area (Å²) in [5.74, 6) is -2.83. The van der Waals surface area contributed by atoms with Crippen LogP contribution in [0.2, 0.25) is 0 Å². The van der Waals surface area contributed by atoms with Gasteiger partial charge < -0.3 is 30.2 Å². The van der Waals surface area contributed by atoms with Crippen molar-refractivity contribution < 1.29 is 34.0 Å². The highest BCUT2D eigenvalue weighted by atomic mass is 16.8. The number of nitrogens with one attached hydrogen (secondary N) is 1. The molecule has 2 fully saturated rings. The molecule has 29 heavy (non-hydrogen) atoms. The first-order valence-electron chi connectivity index (χ1n) is 8.77. The Balaban J connectivity index is 1.77. The normalized spacial score (nSPS) is 29.0. The highest BCUT2D eigenvalue weighted by Crippen LogP contribution is 2.44. The van der Waals surface area contributed by atoms with Crippen LogP contribution in [0.15, 0.2) is 6.33 Å². The van der Waals surface area contributed by atoms with Crippen molar-refractivity contribution in [1.82, 2.24) is 19.5 Å². The number of imidazole rings is 1. The van der Waals surface area contributed by atoms with E-state index in [0.717, 1.165) is 0 Å². The van der Waals surface area contributed by atoms with E-state index >= 15 is 0 Å². The number of hydrogen-bond acceptors (Lipinski definition) is 10. The zero-order chi connectivity index (χ0) is 21.1. The average molecular weight is 408 g/mol. The fourth-order valence-electron chi connectivity index (χ4n) is 3.56. The van der Waals surface area contributed by atoms with Gasteiger partial charge in [-0.3, -0.25) is 14.7 Å². The molecule has 0 aliphatic carbocycles.